The minimum atomic E-state index is -1.01. The van der Waals surface area contributed by atoms with Gasteiger partial charge in [-0.05, 0) is 84.7 Å². The van der Waals surface area contributed by atoms with Crippen LogP contribution in [0.15, 0.2) is 24.3 Å². The van der Waals surface area contributed by atoms with Crippen LogP contribution >= 0.6 is 0 Å². The maximum atomic E-state index is 11.3. The fraction of sp³-hybridized carbons (Fsp3) is 0.435. The molecule has 0 aliphatic heterocycles. The molecule has 0 radical (unpaired) electrons. The van der Waals surface area contributed by atoms with E-state index < -0.39 is 6.09 Å². The summed E-state index contributed by atoms with van der Waals surface area (Å²) in [6, 6.07) is 8.12. The van der Waals surface area contributed by atoms with Gasteiger partial charge in [-0.1, -0.05) is 13.8 Å². The monoisotopic (exact) mass is 383 g/mol. The van der Waals surface area contributed by atoms with Crippen molar-refractivity contribution in [1.29, 1.82) is 0 Å². The largest absolute Gasteiger partial charge is 0.496 e. The Labute approximate surface area is 166 Å². The average Bonchev–Trinajstić information content (AvgIpc) is 2.85. The number of carbonyl (C=O) groups is 1. The van der Waals surface area contributed by atoms with Crippen LogP contribution in [0.4, 0.5) is 4.79 Å². The van der Waals surface area contributed by atoms with Gasteiger partial charge in [0.1, 0.15) is 11.5 Å². The number of fused-ring (bicyclic) bond motifs is 1. The Bertz CT molecular complexity index is 894. The maximum Gasteiger partial charge on any atom is 0.405 e. The van der Waals surface area contributed by atoms with Gasteiger partial charge in [0.15, 0.2) is 0 Å². The summed E-state index contributed by atoms with van der Waals surface area (Å²) in [5, 5.41) is 12.0. The SMILES string of the molecule is CCOc1c(C)cc(-c2cc3c(cc2OC)C(NC(=O)O)C(C)(C)C3)cc1C. The van der Waals surface area contributed by atoms with E-state index in [2.05, 4.69) is 51.2 Å². The molecule has 2 N–H and O–H groups in total. The second-order valence-corrected chi connectivity index (χ2v) is 8.17. The number of aryl methyl sites for hydroxylation is 2. The van der Waals surface area contributed by atoms with Crippen molar-refractivity contribution in [2.24, 2.45) is 5.41 Å². The third-order valence-corrected chi connectivity index (χ3v) is 5.53. The molecule has 0 aromatic heterocycles. The number of hydrogen-bond acceptors (Lipinski definition) is 3. The van der Waals surface area contributed by atoms with Crippen LogP contribution in [0.5, 0.6) is 11.5 Å². The van der Waals surface area contributed by atoms with Gasteiger partial charge in [-0.15, -0.1) is 0 Å². The number of rotatable bonds is 5. The molecule has 2 aromatic rings. The summed E-state index contributed by atoms with van der Waals surface area (Å²) in [5.74, 6) is 1.68. The van der Waals surface area contributed by atoms with Crippen LogP contribution in [0, 0.1) is 19.3 Å². The molecule has 1 amide bonds. The van der Waals surface area contributed by atoms with E-state index in [4.69, 9.17) is 9.47 Å². The Morgan fingerprint density at radius 3 is 2.39 bits per heavy atom. The van der Waals surface area contributed by atoms with Crippen molar-refractivity contribution in [1.82, 2.24) is 5.32 Å². The summed E-state index contributed by atoms with van der Waals surface area (Å²) in [7, 11) is 1.65. The number of methoxy groups -OCH3 is 1. The highest BCUT2D eigenvalue weighted by Gasteiger charge is 2.40. The van der Waals surface area contributed by atoms with Crippen molar-refractivity contribution >= 4 is 6.09 Å². The Morgan fingerprint density at radius 2 is 1.86 bits per heavy atom. The molecule has 1 aliphatic carbocycles. The molecule has 0 spiro atoms. The fourth-order valence-electron chi connectivity index (χ4n) is 4.34. The van der Waals surface area contributed by atoms with Gasteiger partial charge < -0.3 is 19.9 Å². The van der Waals surface area contributed by atoms with Gasteiger partial charge in [-0.25, -0.2) is 4.79 Å². The molecule has 0 saturated carbocycles. The molecule has 5 heteroatoms. The Morgan fingerprint density at radius 1 is 1.21 bits per heavy atom. The van der Waals surface area contributed by atoms with E-state index >= 15 is 0 Å². The second kappa shape index (κ2) is 7.38. The molecule has 28 heavy (non-hydrogen) atoms. The molecule has 5 nitrogen and oxygen atoms in total. The minimum absolute atomic E-state index is 0.199. The average molecular weight is 383 g/mol. The Balaban J connectivity index is 2.12. The van der Waals surface area contributed by atoms with Gasteiger partial charge in [-0.3, -0.25) is 0 Å². The summed E-state index contributed by atoms with van der Waals surface area (Å²) in [4.78, 5) is 11.3. The Kier molecular flexibility index (Phi) is 5.28. The van der Waals surface area contributed by atoms with Gasteiger partial charge in [0, 0.05) is 5.56 Å². The number of hydrogen-bond donors (Lipinski definition) is 2. The zero-order valence-electron chi connectivity index (χ0n) is 17.5. The highest BCUT2D eigenvalue weighted by molar-refractivity contribution is 5.75. The van der Waals surface area contributed by atoms with E-state index in [9.17, 15) is 9.90 Å². The quantitative estimate of drug-likeness (QED) is 0.738. The van der Waals surface area contributed by atoms with Crippen molar-refractivity contribution < 1.29 is 19.4 Å². The van der Waals surface area contributed by atoms with Crippen LogP contribution in [0.3, 0.4) is 0 Å². The van der Waals surface area contributed by atoms with Crippen LogP contribution in [0.25, 0.3) is 11.1 Å². The highest BCUT2D eigenvalue weighted by Crippen LogP contribution is 2.48. The molecule has 1 unspecified atom stereocenters. The van der Waals surface area contributed by atoms with Crippen molar-refractivity contribution in [3.05, 3.63) is 46.5 Å². The molecular formula is C23H29NO4. The van der Waals surface area contributed by atoms with Crippen molar-refractivity contribution in [2.45, 2.75) is 47.1 Å². The van der Waals surface area contributed by atoms with Gasteiger partial charge in [-0.2, -0.15) is 0 Å². The van der Waals surface area contributed by atoms with E-state index in [1.54, 1.807) is 7.11 Å². The van der Waals surface area contributed by atoms with E-state index in [-0.39, 0.29) is 11.5 Å². The first kappa shape index (κ1) is 20.1. The summed E-state index contributed by atoms with van der Waals surface area (Å²) >= 11 is 0. The van der Waals surface area contributed by atoms with Crippen molar-refractivity contribution in [3.63, 3.8) is 0 Å². The lowest BCUT2D eigenvalue weighted by molar-refractivity contribution is 0.175. The first-order valence-electron chi connectivity index (χ1n) is 9.62. The maximum absolute atomic E-state index is 11.3. The molecule has 3 rings (SSSR count). The third-order valence-electron chi connectivity index (χ3n) is 5.53. The van der Waals surface area contributed by atoms with Gasteiger partial charge in [0.25, 0.3) is 0 Å². The first-order chi connectivity index (χ1) is 13.2. The summed E-state index contributed by atoms with van der Waals surface area (Å²) < 4.78 is 11.5. The smallest absolute Gasteiger partial charge is 0.405 e. The zero-order valence-corrected chi connectivity index (χ0v) is 17.5. The van der Waals surface area contributed by atoms with Crippen LogP contribution in [0.1, 0.15) is 49.1 Å². The molecular weight excluding hydrogens is 354 g/mol. The molecule has 1 atom stereocenters. The second-order valence-electron chi connectivity index (χ2n) is 8.17. The van der Waals surface area contributed by atoms with Crippen LogP contribution in [-0.2, 0) is 6.42 Å². The predicted octanol–water partition coefficient (Wildman–Crippen LogP) is 5.27. The Hall–Kier alpha value is -2.69. The normalized spacial score (nSPS) is 17.1. The number of carboxylic acid groups (broad SMARTS) is 1. The standard InChI is InChI=1S/C23H29NO4/c1-7-28-20-13(2)8-15(9-14(20)3)17-10-16-12-23(4,5)21(24-22(25)26)18(16)11-19(17)27-6/h8-11,21,24H,7,12H2,1-6H3,(H,25,26). The number of amides is 1. The number of ether oxygens (including phenoxy) is 2. The lowest BCUT2D eigenvalue weighted by atomic mass is 9.85. The molecule has 2 aromatic carbocycles. The van der Waals surface area contributed by atoms with Gasteiger partial charge in [0.2, 0.25) is 0 Å². The summed E-state index contributed by atoms with van der Waals surface area (Å²) in [6.45, 7) is 10.9. The van der Waals surface area contributed by atoms with Crippen molar-refractivity contribution in [3.8, 4) is 22.6 Å². The van der Waals surface area contributed by atoms with E-state index in [0.717, 1.165) is 51.3 Å². The summed E-state index contributed by atoms with van der Waals surface area (Å²) in [5.41, 5.74) is 6.22. The number of nitrogens with one attached hydrogen (secondary N) is 1. The molecule has 0 fully saturated rings. The third kappa shape index (κ3) is 3.53. The van der Waals surface area contributed by atoms with E-state index in [1.165, 1.54) is 0 Å². The van der Waals surface area contributed by atoms with Crippen LogP contribution in [0.2, 0.25) is 0 Å². The lowest BCUT2D eigenvalue weighted by Gasteiger charge is -2.27. The molecule has 0 bridgehead atoms. The molecule has 0 saturated heterocycles. The molecule has 150 valence electrons. The highest BCUT2D eigenvalue weighted by atomic mass is 16.5. The van der Waals surface area contributed by atoms with E-state index in [0.29, 0.717) is 6.61 Å². The topological polar surface area (TPSA) is 67.8 Å². The fourth-order valence-corrected chi connectivity index (χ4v) is 4.34. The molecule has 0 heterocycles. The zero-order chi connectivity index (χ0) is 20.6. The van der Waals surface area contributed by atoms with Gasteiger partial charge in [0.05, 0.1) is 19.8 Å². The molecule has 1 aliphatic rings. The minimum Gasteiger partial charge on any atom is -0.496 e. The van der Waals surface area contributed by atoms with Crippen molar-refractivity contribution in [2.75, 3.05) is 13.7 Å². The number of benzene rings is 2. The van der Waals surface area contributed by atoms with Crippen LogP contribution < -0.4 is 14.8 Å². The lowest BCUT2D eigenvalue weighted by Crippen LogP contribution is -2.34. The van der Waals surface area contributed by atoms with Crippen LogP contribution in [-0.4, -0.2) is 24.9 Å². The first-order valence-corrected chi connectivity index (χ1v) is 9.62. The predicted molar refractivity (Wildman–Crippen MR) is 110 cm³/mol. The van der Waals surface area contributed by atoms with E-state index in [1.807, 2.05) is 13.0 Å². The van der Waals surface area contributed by atoms with Gasteiger partial charge >= 0.3 is 6.09 Å². The summed E-state index contributed by atoms with van der Waals surface area (Å²) in [6.07, 6.45) is -0.203.